The minimum Gasteiger partial charge on any atom is -0.469 e. The van der Waals surface area contributed by atoms with Gasteiger partial charge in [0.15, 0.2) is 6.54 Å². The number of nitrogens with zero attached hydrogens (tertiary/aromatic N) is 1. The van der Waals surface area contributed by atoms with E-state index in [1.165, 1.54) is 18.2 Å². The molecule has 2 aliphatic rings. The predicted octanol–water partition coefficient (Wildman–Crippen LogP) is 2.21. The molecule has 2 atom stereocenters. The number of benzene rings is 2. The maximum Gasteiger partial charge on any atom is 0.422 e. The summed E-state index contributed by atoms with van der Waals surface area (Å²) in [6.07, 6.45) is 0.840. The Balaban J connectivity index is 1.70. The van der Waals surface area contributed by atoms with Crippen LogP contribution in [0.25, 0.3) is 0 Å². The zero-order chi connectivity index (χ0) is 22.6. The van der Waals surface area contributed by atoms with Crippen LogP contribution < -0.4 is 15.1 Å². The third-order valence-corrected chi connectivity index (χ3v) is 6.24. The molecule has 4 rings (SSSR count). The molecule has 32 heavy (non-hydrogen) atoms. The fraction of sp³-hybridized carbons (Fsp3) is 0.375. The second-order valence-electron chi connectivity index (χ2n) is 8.07. The highest BCUT2D eigenvalue weighted by Gasteiger charge is 2.54. The van der Waals surface area contributed by atoms with E-state index in [0.29, 0.717) is 6.54 Å². The van der Waals surface area contributed by atoms with Gasteiger partial charge in [-0.25, -0.2) is 9.59 Å². The van der Waals surface area contributed by atoms with Crippen LogP contribution in [0.4, 0.5) is 10.5 Å². The zero-order valence-corrected chi connectivity index (χ0v) is 18.1. The van der Waals surface area contributed by atoms with Crippen LogP contribution in [-0.2, 0) is 32.0 Å². The third-order valence-electron chi connectivity index (χ3n) is 6.24. The number of rotatable bonds is 7. The summed E-state index contributed by atoms with van der Waals surface area (Å²) in [5, 5.41) is 6.32. The van der Waals surface area contributed by atoms with E-state index < -0.39 is 11.9 Å². The molecule has 0 saturated carbocycles. The van der Waals surface area contributed by atoms with Gasteiger partial charge in [0.2, 0.25) is 0 Å². The lowest BCUT2D eigenvalue weighted by Crippen LogP contribution is -2.56. The van der Waals surface area contributed by atoms with Gasteiger partial charge in [-0.2, -0.15) is 4.48 Å². The number of methoxy groups -OCH3 is 1. The summed E-state index contributed by atoms with van der Waals surface area (Å²) in [5.74, 6) is -0.989. The molecule has 2 N–H and O–H groups in total. The normalized spacial score (nSPS) is 22.0. The number of nitrogens with one attached hydrogen (secondary N) is 2. The summed E-state index contributed by atoms with van der Waals surface area (Å²) in [5.41, 5.74) is 4.12. The van der Waals surface area contributed by atoms with Crippen LogP contribution in [0.1, 0.15) is 29.2 Å². The second kappa shape index (κ2) is 9.50. The monoisotopic (exact) mass is 438 g/mol. The van der Waals surface area contributed by atoms with Crippen molar-refractivity contribution < 1.29 is 23.9 Å². The van der Waals surface area contributed by atoms with E-state index in [1.807, 2.05) is 42.5 Å². The number of quaternary nitrogens is 1. The molecular weight excluding hydrogens is 410 g/mol. The molecule has 0 radical (unpaired) electrons. The van der Waals surface area contributed by atoms with Gasteiger partial charge in [0.25, 0.3) is 0 Å². The minimum absolute atomic E-state index is 0.0254. The Hall–Kier alpha value is -3.23. The largest absolute Gasteiger partial charge is 0.469 e. The number of amides is 2. The highest BCUT2D eigenvalue weighted by atomic mass is 16.5. The van der Waals surface area contributed by atoms with E-state index in [-0.39, 0.29) is 36.1 Å². The third kappa shape index (κ3) is 4.24. The quantitative estimate of drug-likeness (QED) is 0.509. The van der Waals surface area contributed by atoms with Crippen molar-refractivity contribution >= 4 is 23.7 Å². The van der Waals surface area contributed by atoms with Crippen molar-refractivity contribution in [3.05, 3.63) is 65.2 Å². The fourth-order valence-electron chi connectivity index (χ4n) is 4.55. The van der Waals surface area contributed by atoms with Gasteiger partial charge in [-0.05, 0) is 24.1 Å². The molecule has 2 aliphatic heterocycles. The molecular formula is C24H28N3O5+. The maximum atomic E-state index is 13.4. The number of ether oxygens (including phenoxy) is 2. The second-order valence-corrected chi connectivity index (χ2v) is 8.07. The number of carbonyl (C=O) groups excluding carboxylic acids is 3. The average Bonchev–Trinajstić information content (AvgIpc) is 3.15. The number of fused-ring (bicyclic) bond motifs is 1. The fourth-order valence-corrected chi connectivity index (χ4v) is 4.55. The molecule has 8 heteroatoms. The summed E-state index contributed by atoms with van der Waals surface area (Å²) in [6, 6.07) is 15.2. The highest BCUT2D eigenvalue weighted by molar-refractivity contribution is 5.94. The van der Waals surface area contributed by atoms with Crippen LogP contribution in [0.2, 0.25) is 0 Å². The lowest BCUT2D eigenvalue weighted by atomic mass is 9.97. The molecule has 2 aromatic rings. The Morgan fingerprint density at radius 2 is 1.91 bits per heavy atom. The van der Waals surface area contributed by atoms with Gasteiger partial charge < -0.3 is 14.8 Å². The first-order valence-electron chi connectivity index (χ1n) is 10.8. The lowest BCUT2D eigenvalue weighted by molar-refractivity contribution is -0.148. The molecule has 2 unspecified atom stereocenters. The van der Waals surface area contributed by atoms with Crippen LogP contribution in [0.5, 0.6) is 0 Å². The number of urea groups is 1. The number of esters is 2. The van der Waals surface area contributed by atoms with Crippen LogP contribution in [0.3, 0.4) is 0 Å². The smallest absolute Gasteiger partial charge is 0.422 e. The molecule has 2 heterocycles. The highest BCUT2D eigenvalue weighted by Crippen LogP contribution is 2.40. The van der Waals surface area contributed by atoms with Crippen LogP contribution in [0, 0.1) is 0 Å². The molecule has 1 saturated heterocycles. The van der Waals surface area contributed by atoms with Gasteiger partial charge in [0.1, 0.15) is 18.3 Å². The van der Waals surface area contributed by atoms with Crippen molar-refractivity contribution in [2.45, 2.75) is 25.4 Å². The van der Waals surface area contributed by atoms with Gasteiger partial charge in [-0.1, -0.05) is 36.4 Å². The molecule has 0 spiro atoms. The molecule has 0 bridgehead atoms. The Bertz CT molecular complexity index is 1010. The SMILES string of the molecule is COC(=O)CCOC(=O)C[N+]1(c2ccc3c(c2)CCNC3)C(=O)NCC1c1ccccc1. The van der Waals surface area contributed by atoms with E-state index in [2.05, 4.69) is 21.4 Å². The zero-order valence-electron chi connectivity index (χ0n) is 18.1. The molecule has 168 valence electrons. The van der Waals surface area contributed by atoms with Gasteiger partial charge in [0, 0.05) is 24.2 Å². The van der Waals surface area contributed by atoms with Crippen molar-refractivity contribution in [1.82, 2.24) is 15.1 Å². The minimum atomic E-state index is -0.536. The van der Waals surface area contributed by atoms with Crippen molar-refractivity contribution in [3.63, 3.8) is 0 Å². The van der Waals surface area contributed by atoms with Crippen LogP contribution in [0.15, 0.2) is 48.5 Å². The Morgan fingerprint density at radius 3 is 2.69 bits per heavy atom. The van der Waals surface area contributed by atoms with Gasteiger partial charge in [0.05, 0.1) is 20.1 Å². The standard InChI is InChI=1S/C24H27N3O5/c1-31-22(28)10-12-32-23(29)16-27(20-8-7-19-14-25-11-9-18(19)13-20)21(15-26-24(27)30)17-5-3-2-4-6-17/h2-8,13,21,25H,9-12,14-16H2,1H3/p+1. The first kappa shape index (κ1) is 22.0. The maximum absolute atomic E-state index is 13.4. The summed E-state index contributed by atoms with van der Waals surface area (Å²) in [4.78, 5) is 37.6. The van der Waals surface area contributed by atoms with Crippen molar-refractivity contribution in [3.8, 4) is 0 Å². The van der Waals surface area contributed by atoms with E-state index >= 15 is 0 Å². The summed E-state index contributed by atoms with van der Waals surface area (Å²) in [6.45, 7) is 1.83. The van der Waals surface area contributed by atoms with Gasteiger partial charge >= 0.3 is 18.0 Å². The molecule has 2 amide bonds. The van der Waals surface area contributed by atoms with Crippen LogP contribution in [-0.4, -0.2) is 51.3 Å². The van der Waals surface area contributed by atoms with E-state index in [9.17, 15) is 14.4 Å². The molecule has 2 aromatic carbocycles. The number of carbonyl (C=O) groups is 3. The Morgan fingerprint density at radius 1 is 1.09 bits per heavy atom. The summed E-state index contributed by atoms with van der Waals surface area (Å²) < 4.78 is 9.73. The number of hydrogen-bond acceptors (Lipinski definition) is 6. The molecule has 8 nitrogen and oxygen atoms in total. The van der Waals surface area contributed by atoms with Gasteiger partial charge in [-0.15, -0.1) is 0 Å². The number of hydrogen-bond donors (Lipinski definition) is 2. The van der Waals surface area contributed by atoms with Crippen LogP contribution >= 0.6 is 0 Å². The summed E-state index contributed by atoms with van der Waals surface area (Å²) in [7, 11) is 1.29. The Kier molecular flexibility index (Phi) is 6.53. The topological polar surface area (TPSA) is 93.7 Å². The Labute approximate surface area is 187 Å². The van der Waals surface area contributed by atoms with Crippen molar-refractivity contribution in [2.24, 2.45) is 0 Å². The summed E-state index contributed by atoms with van der Waals surface area (Å²) >= 11 is 0. The first-order valence-corrected chi connectivity index (χ1v) is 10.8. The molecule has 0 aromatic heterocycles. The van der Waals surface area contributed by atoms with E-state index in [0.717, 1.165) is 30.8 Å². The predicted molar refractivity (Wildman–Crippen MR) is 119 cm³/mol. The average molecular weight is 439 g/mol. The molecule has 0 aliphatic carbocycles. The molecule has 1 fully saturated rings. The van der Waals surface area contributed by atoms with Crippen molar-refractivity contribution in [1.29, 1.82) is 0 Å². The van der Waals surface area contributed by atoms with Crippen molar-refractivity contribution in [2.75, 3.05) is 33.4 Å². The van der Waals surface area contributed by atoms with E-state index in [1.54, 1.807) is 0 Å². The first-order chi connectivity index (χ1) is 15.5. The lowest BCUT2D eigenvalue weighted by Gasteiger charge is -2.35. The van der Waals surface area contributed by atoms with E-state index in [4.69, 9.17) is 4.74 Å². The van der Waals surface area contributed by atoms with Gasteiger partial charge in [-0.3, -0.25) is 10.1 Å².